The van der Waals surface area contributed by atoms with Gasteiger partial charge >= 0.3 is 0 Å². The highest BCUT2D eigenvalue weighted by Crippen LogP contribution is 2.58. The number of para-hydroxylation sites is 1. The Hall–Kier alpha value is -2.36. The maximum Gasteiger partial charge on any atom is 0.273 e. The van der Waals surface area contributed by atoms with Crippen LogP contribution in [0.4, 0.5) is 0 Å². The Labute approximate surface area is 135 Å². The first-order valence-electron chi connectivity index (χ1n) is 8.17. The standard InChI is InChI=1S/C19H21N3O/c1-19(2)13-8-7-12(16(19)9-13)10-21-22-18(23)15-11-20-17-6-4-3-5-14(15)17/h3-7,10-11,13,16,20H,8-9H2,1-2H3,(H,22,23)/b21-10-/t13-,16-/m0/s1. The molecule has 1 amide bonds. The molecule has 5 rings (SSSR count). The minimum Gasteiger partial charge on any atom is -0.360 e. The second kappa shape index (κ2) is 5.08. The third-order valence-corrected chi connectivity index (χ3v) is 5.72. The van der Waals surface area contributed by atoms with Crippen molar-refractivity contribution in [2.45, 2.75) is 26.7 Å². The van der Waals surface area contributed by atoms with Gasteiger partial charge in [0.1, 0.15) is 0 Å². The summed E-state index contributed by atoms with van der Waals surface area (Å²) in [6.07, 6.45) is 8.21. The number of aromatic amines is 1. The summed E-state index contributed by atoms with van der Waals surface area (Å²) in [4.78, 5) is 15.4. The largest absolute Gasteiger partial charge is 0.360 e. The average molecular weight is 307 g/mol. The van der Waals surface area contributed by atoms with Gasteiger partial charge in [0.15, 0.2) is 0 Å². The van der Waals surface area contributed by atoms with Crippen molar-refractivity contribution in [2.24, 2.45) is 22.4 Å². The molecule has 2 bridgehead atoms. The summed E-state index contributed by atoms with van der Waals surface area (Å²) in [7, 11) is 0. The fraction of sp³-hybridized carbons (Fsp3) is 0.368. The maximum absolute atomic E-state index is 12.3. The van der Waals surface area contributed by atoms with E-state index in [9.17, 15) is 4.79 Å². The van der Waals surface area contributed by atoms with Crippen molar-refractivity contribution < 1.29 is 4.79 Å². The molecule has 1 fully saturated rings. The number of hydrazone groups is 1. The predicted molar refractivity (Wildman–Crippen MR) is 92.3 cm³/mol. The molecule has 4 heteroatoms. The molecule has 0 aliphatic heterocycles. The number of nitrogens with one attached hydrogen (secondary N) is 2. The summed E-state index contributed by atoms with van der Waals surface area (Å²) in [5.74, 6) is 1.21. The molecule has 2 aromatic rings. The summed E-state index contributed by atoms with van der Waals surface area (Å²) in [6, 6.07) is 7.77. The monoisotopic (exact) mass is 307 g/mol. The van der Waals surface area contributed by atoms with Gasteiger partial charge < -0.3 is 4.98 Å². The van der Waals surface area contributed by atoms with Gasteiger partial charge in [-0.05, 0) is 41.7 Å². The fourth-order valence-corrected chi connectivity index (χ4v) is 4.03. The van der Waals surface area contributed by atoms with Crippen LogP contribution in [0.2, 0.25) is 0 Å². The van der Waals surface area contributed by atoms with Crippen LogP contribution in [0.1, 0.15) is 37.0 Å². The van der Waals surface area contributed by atoms with E-state index in [1.54, 1.807) is 6.20 Å². The number of carbonyl (C=O) groups excluding carboxylic acids is 1. The van der Waals surface area contributed by atoms with E-state index in [1.807, 2.05) is 30.5 Å². The Morgan fingerprint density at radius 1 is 1.39 bits per heavy atom. The van der Waals surface area contributed by atoms with Crippen molar-refractivity contribution >= 4 is 23.0 Å². The van der Waals surface area contributed by atoms with Gasteiger partial charge in [-0.15, -0.1) is 0 Å². The number of H-pyrrole nitrogens is 1. The van der Waals surface area contributed by atoms with Gasteiger partial charge in [-0.2, -0.15) is 5.10 Å². The summed E-state index contributed by atoms with van der Waals surface area (Å²) >= 11 is 0. The van der Waals surface area contributed by atoms with E-state index in [2.05, 4.69) is 35.4 Å². The lowest BCUT2D eigenvalue weighted by Crippen LogP contribution is -2.48. The molecule has 1 aromatic carbocycles. The lowest BCUT2D eigenvalue weighted by Gasteiger charge is -2.55. The first-order valence-corrected chi connectivity index (χ1v) is 8.17. The Bertz CT molecular complexity index is 828. The van der Waals surface area contributed by atoms with Crippen molar-refractivity contribution in [1.29, 1.82) is 0 Å². The molecule has 2 atom stereocenters. The van der Waals surface area contributed by atoms with Gasteiger partial charge in [0.05, 0.1) is 11.8 Å². The molecular weight excluding hydrogens is 286 g/mol. The minimum absolute atomic E-state index is 0.180. The Kier molecular flexibility index (Phi) is 3.15. The van der Waals surface area contributed by atoms with Crippen LogP contribution in [0.5, 0.6) is 0 Å². The van der Waals surface area contributed by atoms with E-state index in [0.717, 1.165) is 23.2 Å². The number of carbonyl (C=O) groups is 1. The second-order valence-corrected chi connectivity index (χ2v) is 7.19. The number of aromatic nitrogens is 1. The molecule has 0 spiro atoms. The van der Waals surface area contributed by atoms with Crippen molar-refractivity contribution in [2.75, 3.05) is 0 Å². The van der Waals surface area contributed by atoms with Gasteiger partial charge in [-0.25, -0.2) is 5.43 Å². The van der Waals surface area contributed by atoms with Gasteiger partial charge in [0.2, 0.25) is 0 Å². The zero-order chi connectivity index (χ0) is 16.0. The van der Waals surface area contributed by atoms with Crippen molar-refractivity contribution in [3.63, 3.8) is 0 Å². The van der Waals surface area contributed by atoms with Crippen molar-refractivity contribution in [1.82, 2.24) is 10.4 Å². The molecule has 1 saturated carbocycles. The molecule has 4 nitrogen and oxygen atoms in total. The molecule has 2 N–H and O–H groups in total. The summed E-state index contributed by atoms with van der Waals surface area (Å²) in [5, 5.41) is 5.11. The normalized spacial score (nSPS) is 25.2. The van der Waals surface area contributed by atoms with E-state index in [4.69, 9.17) is 0 Å². The van der Waals surface area contributed by atoms with Gasteiger partial charge in [-0.3, -0.25) is 4.79 Å². The molecule has 1 heterocycles. The zero-order valence-electron chi connectivity index (χ0n) is 13.5. The Balaban J connectivity index is 1.47. The number of nitrogens with zero attached hydrogens (tertiary/aromatic N) is 1. The number of hydrogen-bond acceptors (Lipinski definition) is 2. The molecule has 0 radical (unpaired) electrons. The number of allylic oxidation sites excluding steroid dienone is 2. The summed E-state index contributed by atoms with van der Waals surface area (Å²) < 4.78 is 0. The van der Waals surface area contributed by atoms with Crippen LogP contribution in [0.15, 0.2) is 47.2 Å². The highest BCUT2D eigenvalue weighted by atomic mass is 16.2. The van der Waals surface area contributed by atoms with Crippen LogP contribution in [0, 0.1) is 17.3 Å². The van der Waals surface area contributed by atoms with Crippen LogP contribution in [-0.4, -0.2) is 17.1 Å². The van der Waals surface area contributed by atoms with Crippen molar-refractivity contribution in [3.8, 4) is 0 Å². The first-order chi connectivity index (χ1) is 11.1. The molecule has 3 aliphatic rings. The average Bonchev–Trinajstić information content (AvgIpc) is 2.99. The van der Waals surface area contributed by atoms with E-state index in [1.165, 1.54) is 12.0 Å². The van der Waals surface area contributed by atoms with Crippen LogP contribution >= 0.6 is 0 Å². The number of hydrogen-bond donors (Lipinski definition) is 2. The molecule has 118 valence electrons. The smallest absolute Gasteiger partial charge is 0.273 e. The fourth-order valence-electron chi connectivity index (χ4n) is 4.03. The van der Waals surface area contributed by atoms with E-state index in [0.29, 0.717) is 16.9 Å². The number of amides is 1. The molecule has 3 aliphatic carbocycles. The zero-order valence-corrected chi connectivity index (χ0v) is 13.5. The minimum atomic E-state index is -0.180. The highest BCUT2D eigenvalue weighted by Gasteiger charge is 2.50. The third kappa shape index (κ3) is 2.21. The molecule has 0 unspecified atom stereocenters. The third-order valence-electron chi connectivity index (χ3n) is 5.72. The van der Waals surface area contributed by atoms with Crippen LogP contribution in [-0.2, 0) is 0 Å². The highest BCUT2D eigenvalue weighted by molar-refractivity contribution is 6.06. The number of rotatable bonds is 3. The van der Waals surface area contributed by atoms with Crippen LogP contribution < -0.4 is 5.43 Å². The van der Waals surface area contributed by atoms with E-state index < -0.39 is 0 Å². The quantitative estimate of drug-likeness (QED) is 0.656. The van der Waals surface area contributed by atoms with Crippen LogP contribution in [0.3, 0.4) is 0 Å². The lowest BCUT2D eigenvalue weighted by molar-refractivity contribution is -0.00126. The molecular formula is C19H21N3O. The van der Waals surface area contributed by atoms with Crippen molar-refractivity contribution in [3.05, 3.63) is 47.7 Å². The molecule has 1 aromatic heterocycles. The second-order valence-electron chi connectivity index (χ2n) is 7.19. The Morgan fingerprint density at radius 3 is 3.00 bits per heavy atom. The number of benzene rings is 1. The first kappa shape index (κ1) is 14.2. The molecule has 0 saturated heterocycles. The molecule has 23 heavy (non-hydrogen) atoms. The number of fused-ring (bicyclic) bond motifs is 2. The maximum atomic E-state index is 12.3. The van der Waals surface area contributed by atoms with Crippen LogP contribution in [0.25, 0.3) is 10.9 Å². The predicted octanol–water partition coefficient (Wildman–Crippen LogP) is 3.88. The van der Waals surface area contributed by atoms with E-state index >= 15 is 0 Å². The Morgan fingerprint density at radius 2 is 2.22 bits per heavy atom. The topological polar surface area (TPSA) is 57.2 Å². The van der Waals surface area contributed by atoms with Gasteiger partial charge in [-0.1, -0.05) is 38.1 Å². The van der Waals surface area contributed by atoms with Gasteiger partial charge in [0, 0.05) is 17.1 Å². The summed E-state index contributed by atoms with van der Waals surface area (Å²) in [5.41, 5.74) is 5.87. The SMILES string of the molecule is CC1(C)[C@H]2CC=C(/C=N\NC(=O)c3c[nH]c4ccccc34)[C@@H]1C2. The summed E-state index contributed by atoms with van der Waals surface area (Å²) in [6.45, 7) is 4.66. The van der Waals surface area contributed by atoms with E-state index in [-0.39, 0.29) is 5.91 Å². The van der Waals surface area contributed by atoms with Gasteiger partial charge in [0.25, 0.3) is 5.91 Å². The lowest BCUT2D eigenvalue weighted by atomic mass is 9.49.